The van der Waals surface area contributed by atoms with Crippen molar-refractivity contribution < 1.29 is 0 Å². The van der Waals surface area contributed by atoms with Crippen molar-refractivity contribution in [3.05, 3.63) is 54.2 Å². The molecular formula is C15H16N4. The molecule has 0 aliphatic carbocycles. The first-order valence-electron chi connectivity index (χ1n) is 6.60. The van der Waals surface area contributed by atoms with Crippen LogP contribution >= 0.6 is 0 Å². The normalized spacial score (nSPS) is 10.9. The molecule has 0 saturated heterocycles. The summed E-state index contributed by atoms with van der Waals surface area (Å²) in [6.45, 7) is 0. The Balaban J connectivity index is 1.57. The molecule has 96 valence electrons. The SMILES string of the molecule is c1ccc(CCCCc2ncnc3nc[nH]c23)cc1. The van der Waals surface area contributed by atoms with Gasteiger partial charge < -0.3 is 4.98 Å². The van der Waals surface area contributed by atoms with E-state index in [1.165, 1.54) is 12.0 Å². The van der Waals surface area contributed by atoms with Gasteiger partial charge in [0.1, 0.15) is 11.8 Å². The van der Waals surface area contributed by atoms with Gasteiger partial charge in [0.05, 0.1) is 12.0 Å². The molecule has 0 bridgehead atoms. The summed E-state index contributed by atoms with van der Waals surface area (Å²) < 4.78 is 0. The molecule has 0 fully saturated rings. The highest BCUT2D eigenvalue weighted by Gasteiger charge is 2.05. The number of unbranched alkanes of at least 4 members (excludes halogenated alkanes) is 1. The van der Waals surface area contributed by atoms with E-state index in [2.05, 4.69) is 50.3 Å². The number of hydrogen-bond donors (Lipinski definition) is 1. The van der Waals surface area contributed by atoms with Gasteiger partial charge in [-0.05, 0) is 31.2 Å². The van der Waals surface area contributed by atoms with Crippen LogP contribution in [-0.4, -0.2) is 19.9 Å². The number of aryl methyl sites for hydroxylation is 2. The molecule has 4 heteroatoms. The zero-order valence-corrected chi connectivity index (χ0v) is 10.7. The smallest absolute Gasteiger partial charge is 0.180 e. The van der Waals surface area contributed by atoms with Crippen LogP contribution in [0.2, 0.25) is 0 Å². The number of nitrogens with zero attached hydrogens (tertiary/aromatic N) is 3. The summed E-state index contributed by atoms with van der Waals surface area (Å²) in [5, 5.41) is 0. The summed E-state index contributed by atoms with van der Waals surface area (Å²) in [7, 11) is 0. The molecule has 3 rings (SSSR count). The van der Waals surface area contributed by atoms with Crippen molar-refractivity contribution in [3.63, 3.8) is 0 Å². The summed E-state index contributed by atoms with van der Waals surface area (Å²) in [6, 6.07) is 10.6. The maximum Gasteiger partial charge on any atom is 0.180 e. The summed E-state index contributed by atoms with van der Waals surface area (Å²) >= 11 is 0. The molecular weight excluding hydrogens is 236 g/mol. The zero-order chi connectivity index (χ0) is 12.9. The van der Waals surface area contributed by atoms with Gasteiger partial charge in [-0.3, -0.25) is 0 Å². The predicted molar refractivity (Wildman–Crippen MR) is 74.8 cm³/mol. The fourth-order valence-electron chi connectivity index (χ4n) is 2.27. The first-order valence-corrected chi connectivity index (χ1v) is 6.60. The highest BCUT2D eigenvalue weighted by atomic mass is 15.0. The van der Waals surface area contributed by atoms with Gasteiger partial charge in [0, 0.05) is 0 Å². The lowest BCUT2D eigenvalue weighted by Gasteiger charge is -2.02. The van der Waals surface area contributed by atoms with Crippen molar-refractivity contribution in [1.82, 2.24) is 19.9 Å². The zero-order valence-electron chi connectivity index (χ0n) is 10.7. The number of hydrogen-bond acceptors (Lipinski definition) is 3. The maximum absolute atomic E-state index is 4.34. The third kappa shape index (κ3) is 2.78. The number of benzene rings is 1. The van der Waals surface area contributed by atoms with Crippen molar-refractivity contribution >= 4 is 11.2 Å². The molecule has 0 aliphatic rings. The van der Waals surface area contributed by atoms with Crippen LogP contribution in [0.1, 0.15) is 24.1 Å². The van der Waals surface area contributed by atoms with Crippen molar-refractivity contribution in [2.75, 3.05) is 0 Å². The molecule has 3 aromatic rings. The van der Waals surface area contributed by atoms with Crippen LogP contribution < -0.4 is 0 Å². The predicted octanol–water partition coefficient (Wildman–Crippen LogP) is 2.92. The van der Waals surface area contributed by atoms with E-state index in [1.54, 1.807) is 12.7 Å². The lowest BCUT2D eigenvalue weighted by molar-refractivity contribution is 0.724. The molecule has 0 unspecified atom stereocenters. The average Bonchev–Trinajstić information content (AvgIpc) is 2.94. The van der Waals surface area contributed by atoms with Crippen LogP contribution in [0.4, 0.5) is 0 Å². The van der Waals surface area contributed by atoms with Crippen LogP contribution in [0.5, 0.6) is 0 Å². The van der Waals surface area contributed by atoms with E-state index < -0.39 is 0 Å². The Labute approximate surface area is 111 Å². The molecule has 1 N–H and O–H groups in total. The number of aromatic amines is 1. The molecule has 19 heavy (non-hydrogen) atoms. The molecule has 1 aromatic carbocycles. The van der Waals surface area contributed by atoms with Crippen LogP contribution in [0.25, 0.3) is 11.2 Å². The number of nitrogens with one attached hydrogen (secondary N) is 1. The van der Waals surface area contributed by atoms with E-state index in [0.29, 0.717) is 0 Å². The quantitative estimate of drug-likeness (QED) is 0.710. The molecule has 0 radical (unpaired) electrons. The van der Waals surface area contributed by atoms with Crippen molar-refractivity contribution in [1.29, 1.82) is 0 Å². The standard InChI is InChI=1S/C15H16N4/c1-2-6-12(7-3-1)8-4-5-9-13-14-15(18-10-16-13)19-11-17-14/h1-3,6-7,10-11H,4-5,8-9H2,(H,16,17,18,19). The fraction of sp³-hybridized carbons (Fsp3) is 0.267. The van der Waals surface area contributed by atoms with Gasteiger partial charge >= 0.3 is 0 Å². The van der Waals surface area contributed by atoms with Crippen molar-refractivity contribution in [3.8, 4) is 0 Å². The molecule has 0 spiro atoms. The van der Waals surface area contributed by atoms with Gasteiger partial charge in [0.2, 0.25) is 0 Å². The molecule has 0 saturated carbocycles. The third-order valence-corrected chi connectivity index (χ3v) is 3.27. The monoisotopic (exact) mass is 252 g/mol. The Kier molecular flexibility index (Phi) is 3.49. The van der Waals surface area contributed by atoms with Gasteiger partial charge in [-0.15, -0.1) is 0 Å². The van der Waals surface area contributed by atoms with Crippen LogP contribution in [0, 0.1) is 0 Å². The number of rotatable bonds is 5. The Hall–Kier alpha value is -2.23. The first kappa shape index (κ1) is 11.8. The molecule has 0 amide bonds. The summed E-state index contributed by atoms with van der Waals surface area (Å²) in [5.41, 5.74) is 4.20. The third-order valence-electron chi connectivity index (χ3n) is 3.27. The van der Waals surface area contributed by atoms with Crippen molar-refractivity contribution in [2.45, 2.75) is 25.7 Å². The first-order chi connectivity index (χ1) is 9.43. The number of fused-ring (bicyclic) bond motifs is 1. The van der Waals surface area contributed by atoms with Crippen molar-refractivity contribution in [2.24, 2.45) is 0 Å². The second-order valence-corrected chi connectivity index (χ2v) is 4.61. The molecule has 2 heterocycles. The van der Waals surface area contributed by atoms with E-state index in [9.17, 15) is 0 Å². The van der Waals surface area contributed by atoms with Gasteiger partial charge in [0.25, 0.3) is 0 Å². The molecule has 2 aromatic heterocycles. The minimum atomic E-state index is 0.757. The minimum Gasteiger partial charge on any atom is -0.342 e. The highest BCUT2D eigenvalue weighted by molar-refractivity contribution is 5.71. The van der Waals surface area contributed by atoms with Crippen LogP contribution in [0.3, 0.4) is 0 Å². The molecule has 0 atom stereocenters. The summed E-state index contributed by atoms with van der Waals surface area (Å²) in [6.07, 6.45) is 7.65. The Bertz CT molecular complexity index is 645. The second kappa shape index (κ2) is 5.61. The lowest BCUT2D eigenvalue weighted by Crippen LogP contribution is -1.95. The minimum absolute atomic E-state index is 0.757. The van der Waals surface area contributed by atoms with Gasteiger partial charge in [-0.25, -0.2) is 15.0 Å². The highest BCUT2D eigenvalue weighted by Crippen LogP contribution is 2.13. The van der Waals surface area contributed by atoms with E-state index in [4.69, 9.17) is 0 Å². The van der Waals surface area contributed by atoms with Gasteiger partial charge in [-0.2, -0.15) is 0 Å². The Morgan fingerprint density at radius 2 is 1.74 bits per heavy atom. The second-order valence-electron chi connectivity index (χ2n) is 4.61. The van der Waals surface area contributed by atoms with Gasteiger partial charge in [0.15, 0.2) is 5.65 Å². The molecule has 0 aliphatic heterocycles. The lowest BCUT2D eigenvalue weighted by atomic mass is 10.1. The van der Waals surface area contributed by atoms with Gasteiger partial charge in [-0.1, -0.05) is 30.3 Å². The number of aromatic nitrogens is 4. The van der Waals surface area contributed by atoms with E-state index in [0.717, 1.165) is 36.1 Å². The molecule has 4 nitrogen and oxygen atoms in total. The number of H-pyrrole nitrogens is 1. The summed E-state index contributed by atoms with van der Waals surface area (Å²) in [5.74, 6) is 0. The average molecular weight is 252 g/mol. The van der Waals surface area contributed by atoms with E-state index in [1.807, 2.05) is 0 Å². The maximum atomic E-state index is 4.34. The largest absolute Gasteiger partial charge is 0.342 e. The van der Waals surface area contributed by atoms with Crippen LogP contribution in [0.15, 0.2) is 43.0 Å². The van der Waals surface area contributed by atoms with Crippen LogP contribution in [-0.2, 0) is 12.8 Å². The topological polar surface area (TPSA) is 54.5 Å². The van der Waals surface area contributed by atoms with E-state index in [-0.39, 0.29) is 0 Å². The Morgan fingerprint density at radius 1 is 0.895 bits per heavy atom. The van der Waals surface area contributed by atoms with E-state index >= 15 is 0 Å². The Morgan fingerprint density at radius 3 is 2.63 bits per heavy atom. The fourth-order valence-corrected chi connectivity index (χ4v) is 2.27. The number of imidazole rings is 1. The summed E-state index contributed by atoms with van der Waals surface area (Å²) in [4.78, 5) is 15.7.